The van der Waals surface area contributed by atoms with Crippen molar-refractivity contribution in [2.45, 2.75) is 63.0 Å². The van der Waals surface area contributed by atoms with Crippen molar-refractivity contribution in [2.24, 2.45) is 28.6 Å². The first-order chi connectivity index (χ1) is 20.9. The largest absolute Gasteiger partial charge is 0.457 e. The molecule has 0 aliphatic heterocycles. The van der Waals surface area contributed by atoms with Gasteiger partial charge in [0.05, 0.1) is 17.2 Å². The lowest BCUT2D eigenvalue weighted by molar-refractivity contribution is -0.181. The number of alkyl halides is 1. The van der Waals surface area contributed by atoms with Gasteiger partial charge in [-0.15, -0.1) is 11.6 Å². The Morgan fingerprint density at radius 3 is 2.57 bits per heavy atom. The Kier molecular flexibility index (Phi) is 7.40. The summed E-state index contributed by atoms with van der Waals surface area (Å²) in [5.74, 6) is -2.61. The summed E-state index contributed by atoms with van der Waals surface area (Å²) in [4.78, 5) is 51.6. The van der Waals surface area contributed by atoms with Crippen LogP contribution in [0.4, 0.5) is 10.5 Å². The number of carbonyl (C=O) groups is 4. The number of aliphatic hydroxyl groups is 1. The summed E-state index contributed by atoms with van der Waals surface area (Å²) in [6, 6.07) is 11.7. The van der Waals surface area contributed by atoms with Crippen LogP contribution in [0.3, 0.4) is 0 Å². The number of ether oxygens (including phenoxy) is 2. The third-order valence-corrected chi connectivity index (χ3v) is 11.9. The summed E-state index contributed by atoms with van der Waals surface area (Å²) in [5, 5.41) is 14.6. The first-order valence-corrected chi connectivity index (χ1v) is 15.3. The van der Waals surface area contributed by atoms with Crippen LogP contribution in [0.5, 0.6) is 0 Å². The number of allylic oxidation sites excluding steroid dienone is 4. The number of esters is 1. The van der Waals surface area contributed by atoms with Gasteiger partial charge in [-0.25, -0.2) is 9.59 Å². The quantitative estimate of drug-likeness (QED) is 0.302. The van der Waals surface area contributed by atoms with Crippen molar-refractivity contribution in [2.75, 3.05) is 11.9 Å². The zero-order valence-corrected chi connectivity index (χ0v) is 25.6. The highest BCUT2D eigenvalue weighted by Crippen LogP contribution is 2.72. The van der Waals surface area contributed by atoms with Crippen LogP contribution < -0.4 is 5.32 Å². The zero-order valence-electron chi connectivity index (χ0n) is 24.9. The second-order valence-electron chi connectivity index (χ2n) is 13.0. The van der Waals surface area contributed by atoms with Gasteiger partial charge in [-0.1, -0.05) is 50.6 Å². The molecule has 1 amide bonds. The predicted octanol–water partition coefficient (Wildman–Crippen LogP) is 5.88. The molecule has 2 aromatic rings. The minimum Gasteiger partial charge on any atom is -0.457 e. The van der Waals surface area contributed by atoms with Crippen LogP contribution in [0, 0.1) is 28.6 Å². The number of para-hydroxylation sites is 1. The molecule has 10 heteroatoms. The molecule has 2 N–H and O–H groups in total. The Hall–Kier alpha value is -3.69. The molecule has 3 saturated carbocycles. The van der Waals surface area contributed by atoms with Crippen molar-refractivity contribution in [1.82, 2.24) is 0 Å². The maximum atomic E-state index is 14.4. The van der Waals surface area contributed by atoms with E-state index in [0.717, 1.165) is 5.57 Å². The molecule has 8 atom stereocenters. The van der Waals surface area contributed by atoms with Gasteiger partial charge in [-0.2, -0.15) is 0 Å². The number of Topliss-reactive ketones (excluding diaryl/α,β-unsaturated/α-hetero) is 1. The second-order valence-corrected chi connectivity index (χ2v) is 13.6. The Morgan fingerprint density at radius 1 is 1.11 bits per heavy atom. The second kappa shape index (κ2) is 10.7. The smallest absolute Gasteiger partial charge is 0.412 e. The minimum atomic E-state index is -1.76. The molecule has 6 rings (SSSR count). The van der Waals surface area contributed by atoms with Crippen molar-refractivity contribution < 1.29 is 38.2 Å². The molecule has 1 aromatic heterocycles. The van der Waals surface area contributed by atoms with E-state index < -0.39 is 57.8 Å². The topological polar surface area (TPSA) is 132 Å². The highest BCUT2D eigenvalue weighted by atomic mass is 35.5. The number of nitrogens with one attached hydrogen (secondary N) is 1. The number of anilines is 1. The van der Waals surface area contributed by atoms with E-state index in [1.54, 1.807) is 42.5 Å². The maximum absolute atomic E-state index is 14.4. The number of halogens is 1. The monoisotopic (exact) mass is 621 g/mol. The van der Waals surface area contributed by atoms with Crippen LogP contribution >= 0.6 is 11.6 Å². The van der Waals surface area contributed by atoms with Gasteiger partial charge in [0.2, 0.25) is 11.5 Å². The fourth-order valence-corrected chi connectivity index (χ4v) is 9.43. The number of ketones is 2. The summed E-state index contributed by atoms with van der Waals surface area (Å²) in [7, 11) is 0. The molecule has 4 aliphatic carbocycles. The Balaban J connectivity index is 1.36. The van der Waals surface area contributed by atoms with E-state index in [1.807, 2.05) is 26.8 Å². The average molecular weight is 622 g/mol. The number of hydrogen-bond acceptors (Lipinski definition) is 8. The van der Waals surface area contributed by atoms with Gasteiger partial charge in [-0.3, -0.25) is 14.9 Å². The van der Waals surface area contributed by atoms with E-state index in [0.29, 0.717) is 24.9 Å². The van der Waals surface area contributed by atoms with Crippen molar-refractivity contribution >= 4 is 40.9 Å². The summed E-state index contributed by atoms with van der Waals surface area (Å²) < 4.78 is 16.9. The number of aliphatic hydroxyl groups excluding tert-OH is 1. The molecular weight excluding hydrogens is 586 g/mol. The van der Waals surface area contributed by atoms with Gasteiger partial charge in [0, 0.05) is 22.4 Å². The standard InChI is InChI=1S/C34H36ClNO8/c1-20-16-25-24-12-11-21-17-23(37)13-14-31(21,2)33(24,35)27(38)18-32(25,3)34(20,44-29(40)26-10-7-15-42-26)28(39)19-43-30(41)36-22-8-5-4-6-9-22/h4-10,13-15,17,20,24-25,27,38H,11-12,16,18-19H2,1-3H3,(H,36,41)/t20-,24?,25?,27+,31?,32?,33+,34+/m1/s1. The lowest BCUT2D eigenvalue weighted by atomic mass is 9.45. The number of benzene rings is 1. The molecule has 0 radical (unpaired) electrons. The fourth-order valence-electron chi connectivity index (χ4n) is 8.90. The summed E-state index contributed by atoms with van der Waals surface area (Å²) in [5.41, 5.74) is -2.23. The molecule has 4 unspecified atom stereocenters. The van der Waals surface area contributed by atoms with E-state index in [1.165, 1.54) is 18.4 Å². The molecular formula is C34H36ClNO8. The lowest BCUT2D eigenvalue weighted by Gasteiger charge is -2.64. The molecule has 4 aliphatic rings. The number of carbonyl (C=O) groups excluding carboxylic acids is 4. The highest BCUT2D eigenvalue weighted by Gasteiger charge is 2.76. The number of furan rings is 1. The summed E-state index contributed by atoms with van der Waals surface area (Å²) >= 11 is 7.57. The Bertz CT molecular complexity index is 1550. The molecule has 1 aromatic carbocycles. The van der Waals surface area contributed by atoms with E-state index in [-0.39, 0.29) is 29.8 Å². The highest BCUT2D eigenvalue weighted by molar-refractivity contribution is 6.26. The van der Waals surface area contributed by atoms with Crippen molar-refractivity contribution in [1.29, 1.82) is 0 Å². The van der Waals surface area contributed by atoms with E-state index in [4.69, 9.17) is 25.5 Å². The molecule has 9 nitrogen and oxygen atoms in total. The van der Waals surface area contributed by atoms with Crippen LogP contribution in [0.2, 0.25) is 0 Å². The molecule has 0 saturated heterocycles. The first kappa shape index (κ1) is 30.3. The lowest BCUT2D eigenvalue weighted by Crippen LogP contribution is -2.69. The Labute approximate surface area is 260 Å². The third-order valence-electron chi connectivity index (χ3n) is 10.9. The summed E-state index contributed by atoms with van der Waals surface area (Å²) in [6.07, 6.45) is 6.04. The number of rotatable bonds is 6. The van der Waals surface area contributed by atoms with Crippen LogP contribution in [0.1, 0.15) is 57.0 Å². The van der Waals surface area contributed by atoms with Crippen LogP contribution in [-0.4, -0.2) is 51.9 Å². The SMILES string of the molecule is C[C@@H]1CC2C3CCC4=CC(=O)C=CC4(C)[C@@]3(Cl)[C@@H](O)CC2(C)[C@@]1(OC(=O)c1ccco1)C(=O)COC(=O)Nc1ccccc1. The van der Waals surface area contributed by atoms with Gasteiger partial charge in [0.1, 0.15) is 0 Å². The van der Waals surface area contributed by atoms with Crippen molar-refractivity contribution in [3.05, 3.63) is 78.3 Å². The first-order valence-electron chi connectivity index (χ1n) is 15.0. The number of hydrogen-bond donors (Lipinski definition) is 2. The summed E-state index contributed by atoms with van der Waals surface area (Å²) in [6.45, 7) is 5.02. The van der Waals surface area contributed by atoms with E-state index in [9.17, 15) is 24.3 Å². The fraction of sp³-hybridized carbons (Fsp3) is 0.471. The minimum absolute atomic E-state index is 0.0417. The van der Waals surface area contributed by atoms with E-state index in [2.05, 4.69) is 5.32 Å². The molecule has 1 heterocycles. The molecule has 44 heavy (non-hydrogen) atoms. The van der Waals surface area contributed by atoms with Crippen LogP contribution in [0.25, 0.3) is 0 Å². The number of fused-ring (bicyclic) bond motifs is 5. The van der Waals surface area contributed by atoms with E-state index >= 15 is 0 Å². The predicted molar refractivity (Wildman–Crippen MR) is 161 cm³/mol. The average Bonchev–Trinajstić information content (AvgIpc) is 3.60. The van der Waals surface area contributed by atoms with Gasteiger partial charge in [-0.05, 0) is 73.9 Å². The zero-order chi connectivity index (χ0) is 31.5. The van der Waals surface area contributed by atoms with Crippen molar-refractivity contribution in [3.8, 4) is 0 Å². The van der Waals surface area contributed by atoms with Gasteiger partial charge in [0.25, 0.3) is 0 Å². The maximum Gasteiger partial charge on any atom is 0.412 e. The van der Waals surface area contributed by atoms with Gasteiger partial charge < -0.3 is 19.0 Å². The molecule has 232 valence electrons. The van der Waals surface area contributed by atoms with Gasteiger partial charge in [0.15, 0.2) is 18.0 Å². The van der Waals surface area contributed by atoms with Crippen molar-refractivity contribution in [3.63, 3.8) is 0 Å². The normalized spacial score (nSPS) is 37.2. The Morgan fingerprint density at radius 2 is 1.86 bits per heavy atom. The molecule has 0 bridgehead atoms. The van der Waals surface area contributed by atoms with Gasteiger partial charge >= 0.3 is 12.1 Å². The number of amides is 1. The molecule has 0 spiro atoms. The van der Waals surface area contributed by atoms with Crippen LogP contribution in [-0.2, 0) is 19.1 Å². The molecule has 3 fully saturated rings. The van der Waals surface area contributed by atoms with Crippen LogP contribution in [0.15, 0.2) is 76.9 Å². The third kappa shape index (κ3) is 4.30.